The van der Waals surface area contributed by atoms with Crippen molar-refractivity contribution in [1.82, 2.24) is 5.32 Å². The molecular formula is C13H18FNO3. The quantitative estimate of drug-likeness (QED) is 0.843. The van der Waals surface area contributed by atoms with E-state index >= 15 is 0 Å². The lowest BCUT2D eigenvalue weighted by Gasteiger charge is -2.11. The van der Waals surface area contributed by atoms with Gasteiger partial charge in [-0.2, -0.15) is 0 Å². The highest BCUT2D eigenvalue weighted by Gasteiger charge is 2.10. The maximum Gasteiger partial charge on any atom is 0.258 e. The van der Waals surface area contributed by atoms with E-state index in [0.29, 0.717) is 0 Å². The number of hydrogen-bond acceptors (Lipinski definition) is 3. The Bertz CT molecular complexity index is 419. The predicted molar refractivity (Wildman–Crippen MR) is 65.8 cm³/mol. The molecule has 1 atom stereocenters. The van der Waals surface area contributed by atoms with Gasteiger partial charge in [0.25, 0.3) is 5.91 Å². The van der Waals surface area contributed by atoms with Crippen LogP contribution in [0.25, 0.3) is 0 Å². The second-order valence-electron chi connectivity index (χ2n) is 4.37. The molecule has 0 aliphatic rings. The van der Waals surface area contributed by atoms with E-state index < -0.39 is 11.9 Å². The van der Waals surface area contributed by atoms with Crippen LogP contribution < -0.4 is 10.1 Å². The van der Waals surface area contributed by atoms with E-state index in [4.69, 9.17) is 4.74 Å². The topological polar surface area (TPSA) is 58.6 Å². The van der Waals surface area contributed by atoms with Gasteiger partial charge in [-0.15, -0.1) is 0 Å². The van der Waals surface area contributed by atoms with Crippen molar-refractivity contribution in [3.63, 3.8) is 0 Å². The molecule has 0 heterocycles. The number of aliphatic hydroxyl groups excluding tert-OH is 1. The third kappa shape index (κ3) is 4.33. The number of aliphatic hydroxyl groups is 1. The molecule has 1 aromatic carbocycles. The lowest BCUT2D eigenvalue weighted by molar-refractivity contribution is -0.123. The zero-order valence-electron chi connectivity index (χ0n) is 10.7. The van der Waals surface area contributed by atoms with Crippen molar-refractivity contribution >= 4 is 5.91 Å². The molecule has 0 spiro atoms. The minimum atomic E-state index is -0.872. The molecular weight excluding hydrogens is 237 g/mol. The maximum atomic E-state index is 13.5. The summed E-state index contributed by atoms with van der Waals surface area (Å²) in [4.78, 5) is 11.3. The second-order valence-corrected chi connectivity index (χ2v) is 4.37. The SMILES string of the molecule is CC(C)NC(=O)COc1ccc([C@H](C)O)c(F)c1. The summed E-state index contributed by atoms with van der Waals surface area (Å²) >= 11 is 0. The summed E-state index contributed by atoms with van der Waals surface area (Å²) in [6.07, 6.45) is -0.872. The van der Waals surface area contributed by atoms with E-state index in [2.05, 4.69) is 5.32 Å². The number of carbonyl (C=O) groups is 1. The van der Waals surface area contributed by atoms with Crippen molar-refractivity contribution in [1.29, 1.82) is 0 Å². The van der Waals surface area contributed by atoms with Crippen molar-refractivity contribution in [2.45, 2.75) is 32.9 Å². The highest BCUT2D eigenvalue weighted by molar-refractivity contribution is 5.77. The number of carbonyl (C=O) groups excluding carboxylic acids is 1. The molecule has 0 saturated heterocycles. The zero-order valence-corrected chi connectivity index (χ0v) is 10.7. The van der Waals surface area contributed by atoms with Crippen LogP contribution in [0, 0.1) is 5.82 Å². The number of halogens is 1. The van der Waals surface area contributed by atoms with E-state index in [-0.39, 0.29) is 29.9 Å². The van der Waals surface area contributed by atoms with Gasteiger partial charge in [0.1, 0.15) is 11.6 Å². The molecule has 1 amide bonds. The van der Waals surface area contributed by atoms with Gasteiger partial charge in [0.05, 0.1) is 6.10 Å². The fourth-order valence-electron chi connectivity index (χ4n) is 1.45. The van der Waals surface area contributed by atoms with E-state index in [1.54, 1.807) is 0 Å². The van der Waals surface area contributed by atoms with Crippen LogP contribution in [-0.4, -0.2) is 23.7 Å². The largest absolute Gasteiger partial charge is 0.484 e. The van der Waals surface area contributed by atoms with Crippen molar-refractivity contribution < 1.29 is 19.0 Å². The van der Waals surface area contributed by atoms with E-state index in [1.165, 1.54) is 19.1 Å². The minimum Gasteiger partial charge on any atom is -0.484 e. The number of ether oxygens (including phenoxy) is 1. The number of hydrogen-bond donors (Lipinski definition) is 2. The highest BCUT2D eigenvalue weighted by Crippen LogP contribution is 2.21. The van der Waals surface area contributed by atoms with E-state index in [0.717, 1.165) is 6.07 Å². The Kier molecular flexibility index (Phi) is 5.09. The van der Waals surface area contributed by atoms with Crippen LogP contribution in [0.2, 0.25) is 0 Å². The van der Waals surface area contributed by atoms with Gasteiger partial charge in [-0.25, -0.2) is 4.39 Å². The molecule has 2 N–H and O–H groups in total. The Labute approximate surface area is 106 Å². The van der Waals surface area contributed by atoms with Crippen molar-refractivity contribution in [2.24, 2.45) is 0 Å². The first-order valence-corrected chi connectivity index (χ1v) is 5.80. The van der Waals surface area contributed by atoms with Crippen LogP contribution in [-0.2, 0) is 4.79 Å². The van der Waals surface area contributed by atoms with Crippen molar-refractivity contribution in [3.05, 3.63) is 29.6 Å². The molecule has 0 unspecified atom stereocenters. The van der Waals surface area contributed by atoms with Crippen molar-refractivity contribution in [2.75, 3.05) is 6.61 Å². The fourth-order valence-corrected chi connectivity index (χ4v) is 1.45. The Morgan fingerprint density at radius 3 is 2.61 bits per heavy atom. The van der Waals surface area contributed by atoms with Crippen LogP contribution in [0.5, 0.6) is 5.75 Å². The lowest BCUT2D eigenvalue weighted by Crippen LogP contribution is -2.34. The third-order valence-electron chi connectivity index (χ3n) is 2.24. The van der Waals surface area contributed by atoms with Gasteiger partial charge >= 0.3 is 0 Å². The van der Waals surface area contributed by atoms with Gasteiger partial charge in [0.2, 0.25) is 0 Å². The summed E-state index contributed by atoms with van der Waals surface area (Å²) in [6, 6.07) is 4.16. The van der Waals surface area contributed by atoms with Gasteiger partial charge in [-0.3, -0.25) is 4.79 Å². The molecule has 0 fully saturated rings. The molecule has 0 saturated carbocycles. The zero-order chi connectivity index (χ0) is 13.7. The van der Waals surface area contributed by atoms with Crippen LogP contribution in [0.1, 0.15) is 32.4 Å². The average molecular weight is 255 g/mol. The van der Waals surface area contributed by atoms with Gasteiger partial charge in [0.15, 0.2) is 6.61 Å². The lowest BCUT2D eigenvalue weighted by atomic mass is 10.1. The van der Waals surface area contributed by atoms with E-state index in [9.17, 15) is 14.3 Å². The van der Waals surface area contributed by atoms with Gasteiger partial charge < -0.3 is 15.2 Å². The summed E-state index contributed by atoms with van der Waals surface area (Å²) in [5.41, 5.74) is 0.203. The fraction of sp³-hybridized carbons (Fsp3) is 0.462. The summed E-state index contributed by atoms with van der Waals surface area (Å²) in [5.74, 6) is -0.549. The molecule has 0 aliphatic heterocycles. The maximum absolute atomic E-state index is 13.5. The molecule has 5 heteroatoms. The summed E-state index contributed by atoms with van der Waals surface area (Å²) < 4.78 is 18.6. The summed E-state index contributed by atoms with van der Waals surface area (Å²) in [5, 5.41) is 11.9. The molecule has 100 valence electrons. The number of amides is 1. The molecule has 1 aromatic rings. The first-order chi connectivity index (χ1) is 8.40. The average Bonchev–Trinajstić information content (AvgIpc) is 2.25. The Morgan fingerprint density at radius 1 is 1.44 bits per heavy atom. The minimum absolute atomic E-state index is 0.0375. The molecule has 0 radical (unpaired) electrons. The van der Waals surface area contributed by atoms with Gasteiger partial charge in [-0.05, 0) is 32.9 Å². The Morgan fingerprint density at radius 2 is 2.11 bits per heavy atom. The van der Waals surface area contributed by atoms with Gasteiger partial charge in [0, 0.05) is 17.7 Å². The van der Waals surface area contributed by atoms with Crippen LogP contribution in [0.15, 0.2) is 18.2 Å². The van der Waals surface area contributed by atoms with Crippen molar-refractivity contribution in [3.8, 4) is 5.75 Å². The monoisotopic (exact) mass is 255 g/mol. The predicted octanol–water partition coefficient (Wildman–Crippen LogP) is 1.78. The summed E-state index contributed by atoms with van der Waals surface area (Å²) in [7, 11) is 0. The van der Waals surface area contributed by atoms with Gasteiger partial charge in [-0.1, -0.05) is 0 Å². The first-order valence-electron chi connectivity index (χ1n) is 5.80. The molecule has 0 bridgehead atoms. The standard InChI is InChI=1S/C13H18FNO3/c1-8(2)15-13(17)7-18-10-4-5-11(9(3)16)12(14)6-10/h4-6,8-9,16H,7H2,1-3H3,(H,15,17)/t9-/m0/s1. The molecule has 0 aromatic heterocycles. The normalized spacial score (nSPS) is 12.3. The third-order valence-corrected chi connectivity index (χ3v) is 2.24. The highest BCUT2D eigenvalue weighted by atomic mass is 19.1. The number of rotatable bonds is 5. The molecule has 1 rings (SSSR count). The second kappa shape index (κ2) is 6.35. The first kappa shape index (κ1) is 14.4. The number of benzene rings is 1. The van der Waals surface area contributed by atoms with Crippen LogP contribution in [0.4, 0.5) is 4.39 Å². The Balaban J connectivity index is 2.59. The molecule has 4 nitrogen and oxygen atoms in total. The number of nitrogens with one attached hydrogen (secondary N) is 1. The smallest absolute Gasteiger partial charge is 0.258 e. The summed E-state index contributed by atoms with van der Waals surface area (Å²) in [6.45, 7) is 5.00. The van der Waals surface area contributed by atoms with Crippen LogP contribution in [0.3, 0.4) is 0 Å². The van der Waals surface area contributed by atoms with E-state index in [1.807, 2.05) is 13.8 Å². The van der Waals surface area contributed by atoms with Crippen LogP contribution >= 0.6 is 0 Å². The Hall–Kier alpha value is -1.62. The molecule has 18 heavy (non-hydrogen) atoms. The molecule has 0 aliphatic carbocycles.